The van der Waals surface area contributed by atoms with E-state index in [1.807, 2.05) is 0 Å². The third-order valence-corrected chi connectivity index (χ3v) is 1.15. The third-order valence-electron chi connectivity index (χ3n) is 1.15. The van der Waals surface area contributed by atoms with Crippen LogP contribution in [0.3, 0.4) is 0 Å². The summed E-state index contributed by atoms with van der Waals surface area (Å²) < 4.78 is 9.62. The minimum Gasteiger partial charge on any atom is -0.462 e. The molecule has 1 rings (SSSR count). The maximum absolute atomic E-state index is 10.6. The Bertz CT molecular complexity index is 122. The van der Waals surface area contributed by atoms with Gasteiger partial charge in [-0.1, -0.05) is 0 Å². The Morgan fingerprint density at radius 1 is 1.90 bits per heavy atom. The molecule has 1 aliphatic rings. The minimum atomic E-state index is -0.224. The number of likely N-dealkylation sites (N-methyl/N-ethyl adjacent to an activating group) is 1. The molecule has 1 atom stereocenters. The Hall–Kier alpha value is -0.610. The zero-order valence-corrected chi connectivity index (χ0v) is 5.92. The van der Waals surface area contributed by atoms with Crippen molar-refractivity contribution in [2.24, 2.45) is 0 Å². The Labute approximate surface area is 59.5 Å². The van der Waals surface area contributed by atoms with Crippen LogP contribution < -0.4 is 5.32 Å². The van der Waals surface area contributed by atoms with Gasteiger partial charge in [-0.2, -0.15) is 0 Å². The van der Waals surface area contributed by atoms with Gasteiger partial charge in [-0.05, 0) is 7.05 Å². The Balaban J connectivity index is 1.94. The van der Waals surface area contributed by atoms with Crippen molar-refractivity contribution in [3.05, 3.63) is 0 Å². The van der Waals surface area contributed by atoms with Crippen LogP contribution in [0, 0.1) is 0 Å². The quantitative estimate of drug-likeness (QED) is 0.413. The van der Waals surface area contributed by atoms with Gasteiger partial charge in [0.25, 0.3) is 0 Å². The first-order valence-corrected chi connectivity index (χ1v) is 3.24. The van der Waals surface area contributed by atoms with E-state index in [-0.39, 0.29) is 18.6 Å². The molecule has 0 bridgehead atoms. The van der Waals surface area contributed by atoms with E-state index in [0.29, 0.717) is 6.61 Å². The zero-order valence-electron chi connectivity index (χ0n) is 5.92. The summed E-state index contributed by atoms with van der Waals surface area (Å²) in [5.41, 5.74) is 0. The smallest absolute Gasteiger partial charge is 0.320 e. The highest BCUT2D eigenvalue weighted by Crippen LogP contribution is 2.07. The van der Waals surface area contributed by atoms with Gasteiger partial charge in [0.2, 0.25) is 0 Å². The van der Waals surface area contributed by atoms with Gasteiger partial charge in [0.05, 0.1) is 13.2 Å². The van der Waals surface area contributed by atoms with Crippen molar-refractivity contribution in [3.63, 3.8) is 0 Å². The minimum absolute atomic E-state index is 0.167. The topological polar surface area (TPSA) is 50.9 Å². The number of carbonyl (C=O) groups excluding carboxylic acids is 1. The SMILES string of the molecule is CNCC(=O)OCC1CO1. The first-order chi connectivity index (χ1) is 4.83. The molecule has 1 heterocycles. The van der Waals surface area contributed by atoms with Crippen LogP contribution in [0.15, 0.2) is 0 Å². The molecule has 0 aliphatic carbocycles. The van der Waals surface area contributed by atoms with E-state index in [0.717, 1.165) is 6.61 Å². The molecule has 4 heteroatoms. The van der Waals surface area contributed by atoms with Crippen LogP contribution in [-0.2, 0) is 14.3 Å². The van der Waals surface area contributed by atoms with E-state index in [1.165, 1.54) is 0 Å². The van der Waals surface area contributed by atoms with Gasteiger partial charge in [0.15, 0.2) is 0 Å². The first-order valence-electron chi connectivity index (χ1n) is 3.24. The monoisotopic (exact) mass is 145 g/mol. The molecule has 0 saturated carbocycles. The van der Waals surface area contributed by atoms with Crippen LogP contribution in [0.1, 0.15) is 0 Å². The van der Waals surface area contributed by atoms with Gasteiger partial charge in [0, 0.05) is 0 Å². The van der Waals surface area contributed by atoms with Crippen molar-refractivity contribution in [1.29, 1.82) is 0 Å². The number of epoxide rings is 1. The van der Waals surface area contributed by atoms with Crippen molar-refractivity contribution < 1.29 is 14.3 Å². The highest BCUT2D eigenvalue weighted by Gasteiger charge is 2.23. The number of carbonyl (C=O) groups is 1. The summed E-state index contributed by atoms with van der Waals surface area (Å²) >= 11 is 0. The molecule has 10 heavy (non-hydrogen) atoms. The second-order valence-corrected chi connectivity index (χ2v) is 2.17. The summed E-state index contributed by atoms with van der Waals surface area (Å²) in [6, 6.07) is 0. The lowest BCUT2D eigenvalue weighted by atomic mass is 10.5. The maximum atomic E-state index is 10.6. The van der Waals surface area contributed by atoms with Crippen molar-refractivity contribution in [1.82, 2.24) is 5.32 Å². The third kappa shape index (κ3) is 2.80. The predicted octanol–water partition coefficient (Wildman–Crippen LogP) is -0.852. The normalized spacial score (nSPS) is 22.3. The summed E-state index contributed by atoms with van der Waals surface area (Å²) in [5.74, 6) is -0.224. The molecule has 0 aromatic heterocycles. The molecule has 0 spiro atoms. The van der Waals surface area contributed by atoms with Crippen molar-refractivity contribution >= 4 is 5.97 Å². The predicted molar refractivity (Wildman–Crippen MR) is 34.6 cm³/mol. The molecular formula is C6H11NO3. The molecule has 0 aromatic carbocycles. The van der Waals surface area contributed by atoms with Gasteiger partial charge in [-0.25, -0.2) is 0 Å². The van der Waals surface area contributed by atoms with E-state index >= 15 is 0 Å². The summed E-state index contributed by atoms with van der Waals surface area (Å²) in [7, 11) is 1.70. The van der Waals surface area contributed by atoms with Crippen LogP contribution in [0.25, 0.3) is 0 Å². The zero-order chi connectivity index (χ0) is 7.40. The lowest BCUT2D eigenvalue weighted by Gasteiger charge is -1.99. The molecule has 0 amide bonds. The van der Waals surface area contributed by atoms with E-state index in [9.17, 15) is 4.79 Å². The summed E-state index contributed by atoms with van der Waals surface area (Å²) in [6.07, 6.45) is 0.167. The van der Waals surface area contributed by atoms with Crippen LogP contribution in [0.2, 0.25) is 0 Å². The van der Waals surface area contributed by atoms with Crippen LogP contribution in [0.5, 0.6) is 0 Å². The highest BCUT2D eigenvalue weighted by molar-refractivity contribution is 5.71. The van der Waals surface area contributed by atoms with Crippen LogP contribution in [0.4, 0.5) is 0 Å². The number of hydrogen-bond donors (Lipinski definition) is 1. The molecular weight excluding hydrogens is 134 g/mol. The van der Waals surface area contributed by atoms with E-state index in [4.69, 9.17) is 9.47 Å². The summed E-state index contributed by atoms with van der Waals surface area (Å²) in [6.45, 7) is 1.40. The standard InChI is InChI=1S/C6H11NO3/c1-7-2-6(8)10-4-5-3-9-5/h5,7H,2-4H2,1H3. The van der Waals surface area contributed by atoms with Gasteiger partial charge < -0.3 is 14.8 Å². The van der Waals surface area contributed by atoms with Gasteiger partial charge in [0.1, 0.15) is 12.7 Å². The molecule has 1 aliphatic heterocycles. The highest BCUT2D eigenvalue weighted by atomic mass is 16.6. The fraction of sp³-hybridized carbons (Fsp3) is 0.833. The average molecular weight is 145 g/mol. The second-order valence-electron chi connectivity index (χ2n) is 2.17. The Morgan fingerprint density at radius 3 is 3.10 bits per heavy atom. The number of rotatable bonds is 4. The van der Waals surface area contributed by atoms with Gasteiger partial charge in [-0.3, -0.25) is 4.79 Å². The van der Waals surface area contributed by atoms with Crippen molar-refractivity contribution in [2.45, 2.75) is 6.10 Å². The Morgan fingerprint density at radius 2 is 2.60 bits per heavy atom. The van der Waals surface area contributed by atoms with Crippen LogP contribution >= 0.6 is 0 Å². The molecule has 1 N–H and O–H groups in total. The van der Waals surface area contributed by atoms with E-state index < -0.39 is 0 Å². The van der Waals surface area contributed by atoms with Crippen LogP contribution in [-0.4, -0.2) is 38.9 Å². The van der Waals surface area contributed by atoms with E-state index in [1.54, 1.807) is 7.05 Å². The number of nitrogens with one attached hydrogen (secondary N) is 1. The molecule has 4 nitrogen and oxygen atoms in total. The van der Waals surface area contributed by atoms with E-state index in [2.05, 4.69) is 5.32 Å². The van der Waals surface area contributed by atoms with Crippen molar-refractivity contribution in [3.8, 4) is 0 Å². The maximum Gasteiger partial charge on any atom is 0.320 e. The lowest BCUT2D eigenvalue weighted by Crippen LogP contribution is -2.22. The molecule has 58 valence electrons. The fourth-order valence-electron chi connectivity index (χ4n) is 0.546. The number of esters is 1. The largest absolute Gasteiger partial charge is 0.462 e. The first kappa shape index (κ1) is 7.50. The number of ether oxygens (including phenoxy) is 2. The molecule has 0 aromatic rings. The van der Waals surface area contributed by atoms with Gasteiger partial charge >= 0.3 is 5.97 Å². The Kier molecular flexibility index (Phi) is 2.65. The molecule has 1 saturated heterocycles. The fourth-order valence-corrected chi connectivity index (χ4v) is 0.546. The summed E-state index contributed by atoms with van der Waals surface area (Å²) in [4.78, 5) is 10.6. The molecule has 1 unspecified atom stereocenters. The average Bonchev–Trinajstić information content (AvgIpc) is 2.67. The lowest BCUT2D eigenvalue weighted by molar-refractivity contribution is -0.142. The number of hydrogen-bond acceptors (Lipinski definition) is 4. The summed E-state index contributed by atoms with van der Waals surface area (Å²) in [5, 5.41) is 2.70. The second kappa shape index (κ2) is 3.53. The van der Waals surface area contributed by atoms with Crippen molar-refractivity contribution in [2.75, 3.05) is 26.8 Å². The molecule has 0 radical (unpaired) electrons. The molecule has 1 fully saturated rings. The van der Waals surface area contributed by atoms with Gasteiger partial charge in [-0.15, -0.1) is 0 Å².